The number of esters is 2. The minimum absolute atomic E-state index is 0.0226. The number of halogens is 1. The summed E-state index contributed by atoms with van der Waals surface area (Å²) in [5.74, 6) is -2.52. The fraction of sp³-hybridized carbons (Fsp3) is 0.304. The van der Waals surface area contributed by atoms with E-state index in [9.17, 15) is 19.2 Å². The minimum Gasteiger partial charge on any atom is -0.462 e. The molecule has 168 valence electrons. The Kier molecular flexibility index (Phi) is 7.83. The Morgan fingerprint density at radius 1 is 1.09 bits per heavy atom. The van der Waals surface area contributed by atoms with Crippen LogP contribution in [0.15, 0.2) is 48.5 Å². The third kappa shape index (κ3) is 5.85. The molecule has 8 nitrogen and oxygen atoms in total. The third-order valence-electron chi connectivity index (χ3n) is 4.80. The lowest BCUT2D eigenvalue weighted by Gasteiger charge is -2.17. The predicted molar refractivity (Wildman–Crippen MR) is 119 cm³/mol. The Bertz CT molecular complexity index is 1010. The Labute approximate surface area is 190 Å². The molecule has 1 saturated heterocycles. The van der Waals surface area contributed by atoms with Gasteiger partial charge in [0.15, 0.2) is 6.61 Å². The molecule has 0 unspecified atom stereocenters. The SMILES string of the molecule is CCCOC(=O)c1ccc(N2C[C@@H](C(=O)OCC(=O)Nc3ccccc3Cl)CC2=O)cc1. The standard InChI is InChI=1S/C23H23ClN2O6/c1-2-11-31-22(29)15-7-9-17(10-8-15)26-13-16(12-21(26)28)23(30)32-14-20(27)25-19-6-4-3-5-18(19)24/h3-10,16H,2,11-14H2,1H3,(H,25,27)/t16-/m0/s1. The van der Waals surface area contributed by atoms with Crippen LogP contribution in [0.2, 0.25) is 5.02 Å². The van der Waals surface area contributed by atoms with Gasteiger partial charge in [-0.05, 0) is 42.8 Å². The molecule has 3 rings (SSSR count). The Hall–Kier alpha value is -3.39. The zero-order valence-corrected chi connectivity index (χ0v) is 18.3. The first-order valence-electron chi connectivity index (χ1n) is 10.2. The van der Waals surface area contributed by atoms with Gasteiger partial charge in [-0.3, -0.25) is 14.4 Å². The Balaban J connectivity index is 1.52. The summed E-state index contributed by atoms with van der Waals surface area (Å²) in [6.45, 7) is 1.89. The zero-order chi connectivity index (χ0) is 23.1. The van der Waals surface area contributed by atoms with Crippen LogP contribution in [0.25, 0.3) is 0 Å². The number of carbonyl (C=O) groups is 4. The first kappa shape index (κ1) is 23.3. The van der Waals surface area contributed by atoms with Gasteiger partial charge in [0, 0.05) is 18.7 Å². The van der Waals surface area contributed by atoms with Gasteiger partial charge in [0.25, 0.3) is 5.91 Å². The maximum atomic E-state index is 12.4. The largest absolute Gasteiger partial charge is 0.462 e. The number of para-hydroxylation sites is 1. The van der Waals surface area contributed by atoms with Gasteiger partial charge in [-0.15, -0.1) is 0 Å². The van der Waals surface area contributed by atoms with Gasteiger partial charge < -0.3 is 19.7 Å². The number of benzene rings is 2. The van der Waals surface area contributed by atoms with E-state index in [1.807, 2.05) is 6.92 Å². The van der Waals surface area contributed by atoms with Crippen molar-refractivity contribution < 1.29 is 28.7 Å². The molecule has 0 saturated carbocycles. The fourth-order valence-corrected chi connectivity index (χ4v) is 3.36. The van der Waals surface area contributed by atoms with E-state index >= 15 is 0 Å². The number of nitrogens with zero attached hydrogens (tertiary/aromatic N) is 1. The zero-order valence-electron chi connectivity index (χ0n) is 17.5. The number of rotatable bonds is 8. The molecule has 0 bridgehead atoms. The van der Waals surface area contributed by atoms with Crippen molar-refractivity contribution in [3.63, 3.8) is 0 Å². The van der Waals surface area contributed by atoms with Crippen LogP contribution in [0, 0.1) is 5.92 Å². The van der Waals surface area contributed by atoms with E-state index in [-0.39, 0.29) is 18.9 Å². The number of hydrogen-bond donors (Lipinski definition) is 1. The van der Waals surface area contributed by atoms with Crippen molar-refractivity contribution in [3.8, 4) is 0 Å². The third-order valence-corrected chi connectivity index (χ3v) is 5.13. The van der Waals surface area contributed by atoms with Crippen LogP contribution in [0.3, 0.4) is 0 Å². The molecule has 0 radical (unpaired) electrons. The van der Waals surface area contributed by atoms with Gasteiger partial charge in [-0.2, -0.15) is 0 Å². The number of carbonyl (C=O) groups excluding carboxylic acids is 4. The monoisotopic (exact) mass is 458 g/mol. The number of amides is 2. The van der Waals surface area contributed by atoms with Crippen LogP contribution in [-0.4, -0.2) is 43.5 Å². The van der Waals surface area contributed by atoms with E-state index in [2.05, 4.69) is 5.32 Å². The predicted octanol–water partition coefficient (Wildman–Crippen LogP) is 3.44. The molecule has 2 amide bonds. The summed E-state index contributed by atoms with van der Waals surface area (Å²) in [7, 11) is 0. The van der Waals surface area contributed by atoms with E-state index in [0.717, 1.165) is 6.42 Å². The van der Waals surface area contributed by atoms with E-state index in [1.54, 1.807) is 48.5 Å². The molecular weight excluding hydrogens is 436 g/mol. The van der Waals surface area contributed by atoms with Crippen LogP contribution < -0.4 is 10.2 Å². The minimum atomic E-state index is -0.690. The van der Waals surface area contributed by atoms with Crippen molar-refractivity contribution in [3.05, 3.63) is 59.1 Å². The molecule has 2 aromatic carbocycles. The lowest BCUT2D eigenvalue weighted by Crippen LogP contribution is -2.28. The maximum absolute atomic E-state index is 12.4. The van der Waals surface area contributed by atoms with Crippen LogP contribution in [0.1, 0.15) is 30.1 Å². The number of ether oxygens (including phenoxy) is 2. The molecule has 2 aromatic rings. The number of nitrogens with one attached hydrogen (secondary N) is 1. The quantitative estimate of drug-likeness (QED) is 0.608. The molecule has 1 heterocycles. The molecule has 0 spiro atoms. The summed E-state index contributed by atoms with van der Waals surface area (Å²) in [5.41, 5.74) is 1.36. The highest BCUT2D eigenvalue weighted by molar-refractivity contribution is 6.33. The highest BCUT2D eigenvalue weighted by Gasteiger charge is 2.36. The molecule has 1 N–H and O–H groups in total. The second kappa shape index (κ2) is 10.8. The highest BCUT2D eigenvalue weighted by Crippen LogP contribution is 2.26. The van der Waals surface area contributed by atoms with E-state index in [4.69, 9.17) is 21.1 Å². The first-order valence-corrected chi connectivity index (χ1v) is 10.6. The fourth-order valence-electron chi connectivity index (χ4n) is 3.17. The Morgan fingerprint density at radius 3 is 2.50 bits per heavy atom. The van der Waals surface area contributed by atoms with Crippen LogP contribution in [-0.2, 0) is 23.9 Å². The Morgan fingerprint density at radius 2 is 1.81 bits per heavy atom. The molecule has 1 aliphatic heterocycles. The normalized spacial score (nSPS) is 15.4. The average molecular weight is 459 g/mol. The van der Waals surface area contributed by atoms with Gasteiger partial charge in [0.05, 0.1) is 28.8 Å². The summed E-state index contributed by atoms with van der Waals surface area (Å²) in [6.07, 6.45) is 0.705. The van der Waals surface area contributed by atoms with Crippen molar-refractivity contribution in [1.82, 2.24) is 0 Å². The molecule has 1 fully saturated rings. The molecule has 0 aromatic heterocycles. The second-order valence-corrected chi connectivity index (χ2v) is 7.63. The molecule has 0 aliphatic carbocycles. The van der Waals surface area contributed by atoms with Crippen molar-refractivity contribution in [1.29, 1.82) is 0 Å². The van der Waals surface area contributed by atoms with Gasteiger partial charge in [-0.1, -0.05) is 30.7 Å². The van der Waals surface area contributed by atoms with Gasteiger partial charge >= 0.3 is 11.9 Å². The average Bonchev–Trinajstić information content (AvgIpc) is 3.19. The van der Waals surface area contributed by atoms with Crippen LogP contribution in [0.4, 0.5) is 11.4 Å². The molecule has 1 aliphatic rings. The smallest absolute Gasteiger partial charge is 0.338 e. The van der Waals surface area contributed by atoms with Gasteiger partial charge in [0.2, 0.25) is 5.91 Å². The maximum Gasteiger partial charge on any atom is 0.338 e. The van der Waals surface area contributed by atoms with E-state index in [0.29, 0.717) is 28.6 Å². The summed E-state index contributed by atoms with van der Waals surface area (Å²) in [5, 5.41) is 2.93. The summed E-state index contributed by atoms with van der Waals surface area (Å²) >= 11 is 5.98. The molecule has 9 heteroatoms. The summed E-state index contributed by atoms with van der Waals surface area (Å²) < 4.78 is 10.2. The second-order valence-electron chi connectivity index (χ2n) is 7.22. The van der Waals surface area contributed by atoms with Crippen molar-refractivity contribution in [2.45, 2.75) is 19.8 Å². The van der Waals surface area contributed by atoms with Crippen LogP contribution >= 0.6 is 11.6 Å². The lowest BCUT2D eigenvalue weighted by atomic mass is 10.1. The van der Waals surface area contributed by atoms with Crippen LogP contribution in [0.5, 0.6) is 0 Å². The molecule has 1 atom stereocenters. The van der Waals surface area contributed by atoms with E-state index in [1.165, 1.54) is 4.90 Å². The molecule has 32 heavy (non-hydrogen) atoms. The van der Waals surface area contributed by atoms with Gasteiger partial charge in [-0.25, -0.2) is 4.79 Å². The summed E-state index contributed by atoms with van der Waals surface area (Å²) in [4.78, 5) is 50.1. The highest BCUT2D eigenvalue weighted by atomic mass is 35.5. The van der Waals surface area contributed by atoms with E-state index < -0.39 is 30.4 Å². The lowest BCUT2D eigenvalue weighted by molar-refractivity contribution is -0.151. The van der Waals surface area contributed by atoms with Crippen molar-refractivity contribution in [2.75, 3.05) is 30.0 Å². The van der Waals surface area contributed by atoms with Gasteiger partial charge in [0.1, 0.15) is 0 Å². The topological polar surface area (TPSA) is 102 Å². The van der Waals surface area contributed by atoms with Crippen molar-refractivity contribution in [2.24, 2.45) is 5.92 Å². The molecular formula is C23H23ClN2O6. The van der Waals surface area contributed by atoms with Crippen molar-refractivity contribution >= 4 is 46.7 Å². The number of hydrogen-bond acceptors (Lipinski definition) is 6. The summed E-state index contributed by atoms with van der Waals surface area (Å²) in [6, 6.07) is 13.1. The number of anilines is 2. The first-order chi connectivity index (χ1) is 15.4.